The third-order valence-electron chi connectivity index (χ3n) is 3.79. The van der Waals surface area contributed by atoms with Gasteiger partial charge in [-0.05, 0) is 12.1 Å². The summed E-state index contributed by atoms with van der Waals surface area (Å²) in [5, 5.41) is 2.92. The predicted octanol–water partition coefficient (Wildman–Crippen LogP) is 1.79. The first kappa shape index (κ1) is 15.4. The maximum atomic E-state index is 12.0. The second-order valence-electron chi connectivity index (χ2n) is 5.46. The van der Waals surface area contributed by atoms with Crippen molar-refractivity contribution in [2.24, 2.45) is 0 Å². The summed E-state index contributed by atoms with van der Waals surface area (Å²) < 4.78 is 13.4. The monoisotopic (exact) mass is 315 g/mol. The second-order valence-corrected chi connectivity index (χ2v) is 5.46. The van der Waals surface area contributed by atoms with E-state index in [4.69, 9.17) is 9.47 Å². The smallest absolute Gasteiger partial charge is 0.239 e. The largest absolute Gasteiger partial charge is 0.486 e. The van der Waals surface area contributed by atoms with Crippen LogP contribution in [0.4, 0.5) is 0 Å². The molecular formula is C17H21N3O3. The average Bonchev–Trinajstić information content (AvgIpc) is 3.02. The van der Waals surface area contributed by atoms with Crippen molar-refractivity contribution in [3.05, 3.63) is 42.5 Å². The summed E-state index contributed by atoms with van der Waals surface area (Å²) in [6, 6.07) is 7.63. The van der Waals surface area contributed by atoms with E-state index in [1.165, 1.54) is 0 Å². The zero-order valence-electron chi connectivity index (χ0n) is 13.2. The van der Waals surface area contributed by atoms with Gasteiger partial charge in [0.1, 0.15) is 25.1 Å². The Kier molecular flexibility index (Phi) is 4.80. The first-order chi connectivity index (χ1) is 11.3. The zero-order chi connectivity index (χ0) is 16.1. The molecule has 1 amide bonds. The Labute approximate surface area is 135 Å². The van der Waals surface area contributed by atoms with E-state index in [-0.39, 0.29) is 12.0 Å². The van der Waals surface area contributed by atoms with Gasteiger partial charge >= 0.3 is 0 Å². The van der Waals surface area contributed by atoms with Crippen molar-refractivity contribution in [1.29, 1.82) is 0 Å². The van der Waals surface area contributed by atoms with Gasteiger partial charge in [-0.3, -0.25) is 4.79 Å². The van der Waals surface area contributed by atoms with Crippen LogP contribution in [0.3, 0.4) is 0 Å². The number of carbonyl (C=O) groups excluding carboxylic acids is 1. The van der Waals surface area contributed by atoms with Gasteiger partial charge in [0.2, 0.25) is 5.91 Å². The molecule has 0 aliphatic carbocycles. The minimum Gasteiger partial charge on any atom is -0.486 e. The number of carbonyl (C=O) groups is 1. The number of nitrogens with zero attached hydrogens (tertiary/aromatic N) is 2. The van der Waals surface area contributed by atoms with E-state index in [0.717, 1.165) is 23.7 Å². The van der Waals surface area contributed by atoms with E-state index >= 15 is 0 Å². The normalized spacial score (nSPS) is 16.1. The summed E-state index contributed by atoms with van der Waals surface area (Å²) in [6.07, 6.45) is 5.03. The Balaban J connectivity index is 1.42. The highest BCUT2D eigenvalue weighted by molar-refractivity contribution is 5.75. The summed E-state index contributed by atoms with van der Waals surface area (Å²) in [7, 11) is 0. The van der Waals surface area contributed by atoms with Gasteiger partial charge in [0.05, 0.1) is 0 Å². The molecule has 0 saturated carbocycles. The molecule has 1 aromatic carbocycles. The highest BCUT2D eigenvalue weighted by Crippen LogP contribution is 2.31. The number of aryl methyl sites for hydroxylation is 1. The molecular weight excluding hydrogens is 294 g/mol. The topological polar surface area (TPSA) is 65.4 Å². The Morgan fingerprint density at radius 2 is 2.22 bits per heavy atom. The van der Waals surface area contributed by atoms with Crippen molar-refractivity contribution >= 4 is 5.91 Å². The molecule has 2 aromatic rings. The standard InChI is InChI=1S/C17H21N3O3/c1-2-16-18-9-10-20(16)11-17(21)19-8-7-13-12-22-14-5-3-4-6-15(14)23-13/h3-6,9-10,13H,2,7-8,11-12H2,1H3,(H,19,21)/t13-/m1/s1. The molecule has 3 rings (SSSR count). The molecule has 0 radical (unpaired) electrons. The minimum atomic E-state index is -0.0374. The Bertz CT molecular complexity index is 669. The molecule has 0 fully saturated rings. The molecule has 2 heterocycles. The number of hydrogen-bond donors (Lipinski definition) is 1. The van der Waals surface area contributed by atoms with E-state index in [1.807, 2.05) is 42.0 Å². The number of ether oxygens (including phenoxy) is 2. The Hall–Kier alpha value is -2.50. The van der Waals surface area contributed by atoms with Crippen molar-refractivity contribution < 1.29 is 14.3 Å². The lowest BCUT2D eigenvalue weighted by molar-refractivity contribution is -0.121. The van der Waals surface area contributed by atoms with Gasteiger partial charge in [-0.15, -0.1) is 0 Å². The Morgan fingerprint density at radius 3 is 3.04 bits per heavy atom. The molecule has 23 heavy (non-hydrogen) atoms. The van der Waals surface area contributed by atoms with E-state index in [0.29, 0.717) is 26.1 Å². The first-order valence-electron chi connectivity index (χ1n) is 7.91. The van der Waals surface area contributed by atoms with Crippen LogP contribution in [0.1, 0.15) is 19.2 Å². The fraction of sp³-hybridized carbons (Fsp3) is 0.412. The van der Waals surface area contributed by atoms with Gasteiger partial charge < -0.3 is 19.4 Å². The number of benzene rings is 1. The van der Waals surface area contributed by atoms with Crippen LogP contribution in [0.15, 0.2) is 36.7 Å². The fourth-order valence-corrected chi connectivity index (χ4v) is 2.59. The van der Waals surface area contributed by atoms with Crippen LogP contribution < -0.4 is 14.8 Å². The van der Waals surface area contributed by atoms with Crippen LogP contribution in [0.2, 0.25) is 0 Å². The zero-order valence-corrected chi connectivity index (χ0v) is 13.2. The molecule has 6 heteroatoms. The average molecular weight is 315 g/mol. The van der Waals surface area contributed by atoms with Crippen molar-refractivity contribution in [2.75, 3.05) is 13.2 Å². The molecule has 0 saturated heterocycles. The number of aromatic nitrogens is 2. The van der Waals surface area contributed by atoms with E-state index in [9.17, 15) is 4.79 Å². The van der Waals surface area contributed by atoms with Crippen LogP contribution in [-0.2, 0) is 17.8 Å². The van der Waals surface area contributed by atoms with Gasteiger partial charge in [0.25, 0.3) is 0 Å². The van der Waals surface area contributed by atoms with Crippen LogP contribution in [-0.4, -0.2) is 34.7 Å². The molecule has 1 atom stereocenters. The van der Waals surface area contributed by atoms with Gasteiger partial charge in [-0.1, -0.05) is 19.1 Å². The van der Waals surface area contributed by atoms with Crippen molar-refractivity contribution in [3.63, 3.8) is 0 Å². The third kappa shape index (κ3) is 3.83. The molecule has 1 N–H and O–H groups in total. The van der Waals surface area contributed by atoms with Crippen LogP contribution in [0.25, 0.3) is 0 Å². The quantitative estimate of drug-likeness (QED) is 0.882. The molecule has 122 valence electrons. The van der Waals surface area contributed by atoms with Crippen molar-refractivity contribution in [1.82, 2.24) is 14.9 Å². The molecule has 1 aliphatic heterocycles. The number of hydrogen-bond acceptors (Lipinski definition) is 4. The van der Waals surface area contributed by atoms with Crippen LogP contribution in [0, 0.1) is 0 Å². The lowest BCUT2D eigenvalue weighted by atomic mass is 10.2. The summed E-state index contributed by atoms with van der Waals surface area (Å²) in [5.41, 5.74) is 0. The molecule has 6 nitrogen and oxygen atoms in total. The lowest BCUT2D eigenvalue weighted by Crippen LogP contribution is -2.35. The lowest BCUT2D eigenvalue weighted by Gasteiger charge is -2.26. The maximum absolute atomic E-state index is 12.0. The number of nitrogens with one attached hydrogen (secondary N) is 1. The van der Waals surface area contributed by atoms with E-state index < -0.39 is 0 Å². The third-order valence-corrected chi connectivity index (χ3v) is 3.79. The molecule has 0 unspecified atom stereocenters. The summed E-state index contributed by atoms with van der Waals surface area (Å²) in [5.74, 6) is 2.44. The Morgan fingerprint density at radius 1 is 1.39 bits per heavy atom. The number of amides is 1. The molecule has 0 bridgehead atoms. The van der Waals surface area contributed by atoms with E-state index in [1.54, 1.807) is 6.20 Å². The molecule has 1 aromatic heterocycles. The predicted molar refractivity (Wildman–Crippen MR) is 85.6 cm³/mol. The van der Waals surface area contributed by atoms with Crippen molar-refractivity contribution in [2.45, 2.75) is 32.4 Å². The molecule has 1 aliphatic rings. The van der Waals surface area contributed by atoms with Gasteiger partial charge in [0, 0.05) is 31.8 Å². The number of imidazole rings is 1. The second kappa shape index (κ2) is 7.17. The highest BCUT2D eigenvalue weighted by atomic mass is 16.6. The molecule has 0 spiro atoms. The van der Waals surface area contributed by atoms with Crippen LogP contribution >= 0.6 is 0 Å². The summed E-state index contributed by atoms with van der Waals surface area (Å²) in [6.45, 7) is 3.39. The first-order valence-corrected chi connectivity index (χ1v) is 7.91. The van der Waals surface area contributed by atoms with Gasteiger partial charge in [0.15, 0.2) is 11.5 Å². The number of para-hydroxylation sites is 2. The SMILES string of the molecule is CCc1nccn1CC(=O)NCC[C@@H]1COc2ccccc2O1. The van der Waals surface area contributed by atoms with Gasteiger partial charge in [-0.2, -0.15) is 0 Å². The van der Waals surface area contributed by atoms with Crippen molar-refractivity contribution in [3.8, 4) is 11.5 Å². The fourth-order valence-electron chi connectivity index (χ4n) is 2.59. The summed E-state index contributed by atoms with van der Waals surface area (Å²) >= 11 is 0. The minimum absolute atomic E-state index is 0.0187. The van der Waals surface area contributed by atoms with Crippen LogP contribution in [0.5, 0.6) is 11.5 Å². The highest BCUT2D eigenvalue weighted by Gasteiger charge is 2.20. The maximum Gasteiger partial charge on any atom is 0.239 e. The van der Waals surface area contributed by atoms with Gasteiger partial charge in [-0.25, -0.2) is 4.98 Å². The number of rotatable bonds is 6. The van der Waals surface area contributed by atoms with E-state index in [2.05, 4.69) is 10.3 Å². The summed E-state index contributed by atoms with van der Waals surface area (Å²) in [4.78, 5) is 16.2. The number of fused-ring (bicyclic) bond motifs is 1.